The van der Waals surface area contributed by atoms with E-state index in [4.69, 9.17) is 26.1 Å². The van der Waals surface area contributed by atoms with Crippen molar-refractivity contribution in [3.8, 4) is 11.5 Å². The minimum Gasteiger partial charge on any atom is -0.493 e. The molecular formula is C29H36ClN5O3S. The van der Waals surface area contributed by atoms with Gasteiger partial charge in [0.2, 0.25) is 0 Å². The minimum absolute atomic E-state index is 0.101. The van der Waals surface area contributed by atoms with E-state index >= 15 is 0 Å². The Morgan fingerprint density at radius 2 is 1.67 bits per heavy atom. The third-order valence-electron chi connectivity index (χ3n) is 6.91. The molecule has 2 heterocycles. The highest BCUT2D eigenvalue weighted by molar-refractivity contribution is 7.98. The van der Waals surface area contributed by atoms with Gasteiger partial charge in [0.25, 0.3) is 5.91 Å². The van der Waals surface area contributed by atoms with Gasteiger partial charge in [0.1, 0.15) is 11.0 Å². The van der Waals surface area contributed by atoms with Crippen molar-refractivity contribution in [2.75, 3.05) is 65.4 Å². The molecule has 0 atom stereocenters. The Bertz CT molecular complexity index is 1250. The van der Waals surface area contributed by atoms with E-state index in [9.17, 15) is 4.79 Å². The van der Waals surface area contributed by atoms with Crippen LogP contribution in [0.5, 0.6) is 11.5 Å². The summed E-state index contributed by atoms with van der Waals surface area (Å²) in [5, 5.41) is 1.02. The number of anilines is 1. The van der Waals surface area contributed by atoms with Crippen molar-refractivity contribution in [2.45, 2.75) is 24.3 Å². The Balaban J connectivity index is 1.32. The van der Waals surface area contributed by atoms with Crippen molar-refractivity contribution >= 4 is 35.1 Å². The van der Waals surface area contributed by atoms with E-state index in [-0.39, 0.29) is 5.91 Å². The molecule has 1 fully saturated rings. The van der Waals surface area contributed by atoms with Gasteiger partial charge in [-0.05, 0) is 48.4 Å². The molecule has 3 aromatic rings. The highest BCUT2D eigenvalue weighted by atomic mass is 35.5. The molecule has 208 valence electrons. The molecular weight excluding hydrogens is 534 g/mol. The Morgan fingerprint density at radius 1 is 0.974 bits per heavy atom. The van der Waals surface area contributed by atoms with Crippen LogP contribution in [0.3, 0.4) is 0 Å². The first-order valence-corrected chi connectivity index (χ1v) is 14.5. The molecule has 0 spiro atoms. The van der Waals surface area contributed by atoms with Gasteiger partial charge in [-0.3, -0.25) is 4.79 Å². The molecule has 2 aromatic carbocycles. The van der Waals surface area contributed by atoms with Crippen molar-refractivity contribution in [1.29, 1.82) is 0 Å². The van der Waals surface area contributed by atoms with Gasteiger partial charge < -0.3 is 24.2 Å². The van der Waals surface area contributed by atoms with Crippen LogP contribution in [0.15, 0.2) is 53.7 Å². The number of hydrogen-bond donors (Lipinski definition) is 0. The Hall–Kier alpha value is -3.01. The highest BCUT2D eigenvalue weighted by Crippen LogP contribution is 2.28. The lowest BCUT2D eigenvalue weighted by Gasteiger charge is -2.34. The number of ether oxygens (including phenoxy) is 2. The highest BCUT2D eigenvalue weighted by Gasteiger charge is 2.21. The summed E-state index contributed by atoms with van der Waals surface area (Å²) in [6.45, 7) is 7.36. The molecule has 0 bridgehead atoms. The monoisotopic (exact) mass is 569 g/mol. The van der Waals surface area contributed by atoms with Gasteiger partial charge in [-0.1, -0.05) is 48.5 Å². The van der Waals surface area contributed by atoms with Crippen molar-refractivity contribution in [3.05, 3.63) is 70.4 Å². The summed E-state index contributed by atoms with van der Waals surface area (Å²) in [5.41, 5.74) is 2.96. The lowest BCUT2D eigenvalue weighted by atomic mass is 10.1. The number of piperazine rings is 1. The largest absolute Gasteiger partial charge is 0.493 e. The first kappa shape index (κ1) is 29.0. The summed E-state index contributed by atoms with van der Waals surface area (Å²) in [6.07, 6.45) is 0.806. The van der Waals surface area contributed by atoms with E-state index in [1.807, 2.05) is 54.4 Å². The molecule has 10 heteroatoms. The smallest absolute Gasteiger partial charge is 0.253 e. The van der Waals surface area contributed by atoms with E-state index in [2.05, 4.69) is 21.7 Å². The molecule has 0 N–H and O–H groups in total. The topological polar surface area (TPSA) is 71.0 Å². The predicted molar refractivity (Wildman–Crippen MR) is 158 cm³/mol. The van der Waals surface area contributed by atoms with Crippen molar-refractivity contribution in [1.82, 2.24) is 19.8 Å². The summed E-state index contributed by atoms with van der Waals surface area (Å²) < 4.78 is 10.7. The molecule has 0 aliphatic carbocycles. The summed E-state index contributed by atoms with van der Waals surface area (Å²) in [5.74, 6) is 2.98. The normalized spacial score (nSPS) is 13.8. The summed E-state index contributed by atoms with van der Waals surface area (Å²) in [4.78, 5) is 28.4. The maximum Gasteiger partial charge on any atom is 0.253 e. The number of nitrogens with zero attached hydrogens (tertiary/aromatic N) is 5. The van der Waals surface area contributed by atoms with Crippen LogP contribution in [-0.2, 0) is 12.2 Å². The number of carbonyl (C=O) groups is 1. The molecule has 0 unspecified atom stereocenters. The zero-order valence-corrected chi connectivity index (χ0v) is 24.6. The van der Waals surface area contributed by atoms with E-state index in [1.165, 1.54) is 11.8 Å². The molecule has 1 aliphatic rings. The van der Waals surface area contributed by atoms with Crippen LogP contribution in [0.2, 0.25) is 5.15 Å². The second-order valence-corrected chi connectivity index (χ2v) is 10.7. The molecule has 1 saturated heterocycles. The number of likely N-dealkylation sites (N-methyl/N-ethyl adjacent to an activating group) is 2. The number of benzene rings is 2. The van der Waals surface area contributed by atoms with Gasteiger partial charge in [0, 0.05) is 57.2 Å². The zero-order chi connectivity index (χ0) is 27.8. The van der Waals surface area contributed by atoms with Crippen LogP contribution in [0.25, 0.3) is 0 Å². The SMILES string of the molecule is CCN1CCN(C(=O)c2ccc(CSc3nc(Cl)cc(N(C)CCc4ccc(OC)c(OC)c4)n3)cc2)CC1. The maximum atomic E-state index is 12.9. The van der Waals surface area contributed by atoms with E-state index in [0.717, 1.165) is 68.2 Å². The molecule has 0 saturated carbocycles. The van der Waals surface area contributed by atoms with Gasteiger partial charge >= 0.3 is 0 Å². The summed E-state index contributed by atoms with van der Waals surface area (Å²) in [6, 6.07) is 15.6. The number of thioether (sulfide) groups is 1. The maximum absolute atomic E-state index is 12.9. The number of hydrogen-bond acceptors (Lipinski definition) is 8. The zero-order valence-electron chi connectivity index (χ0n) is 23.0. The van der Waals surface area contributed by atoms with Gasteiger partial charge in [-0.25, -0.2) is 9.97 Å². The number of halogens is 1. The van der Waals surface area contributed by atoms with E-state index < -0.39 is 0 Å². The standard InChI is InChI=1S/C29H36ClN5O3S/c1-5-34-14-16-35(17-15-34)28(36)23-9-6-22(7-10-23)20-39-29-31-26(30)19-27(32-29)33(2)13-12-21-8-11-24(37-3)25(18-21)38-4/h6-11,18-19H,5,12-17,20H2,1-4H3. The fraction of sp³-hybridized carbons (Fsp3) is 0.414. The summed E-state index contributed by atoms with van der Waals surface area (Å²) >= 11 is 7.87. The third-order valence-corrected chi connectivity index (χ3v) is 8.02. The Labute approximate surface area is 240 Å². The number of methoxy groups -OCH3 is 2. The Kier molecular flexibility index (Phi) is 10.3. The molecule has 1 aromatic heterocycles. The fourth-order valence-electron chi connectivity index (χ4n) is 4.43. The fourth-order valence-corrected chi connectivity index (χ4v) is 5.47. The van der Waals surface area contributed by atoms with E-state index in [0.29, 0.717) is 27.6 Å². The number of aromatic nitrogens is 2. The summed E-state index contributed by atoms with van der Waals surface area (Å²) in [7, 11) is 5.26. The van der Waals surface area contributed by atoms with Crippen LogP contribution in [0.1, 0.15) is 28.4 Å². The van der Waals surface area contributed by atoms with Crippen LogP contribution in [0.4, 0.5) is 5.82 Å². The first-order valence-electron chi connectivity index (χ1n) is 13.1. The molecule has 1 aliphatic heterocycles. The second kappa shape index (κ2) is 13.9. The van der Waals surface area contributed by atoms with Crippen LogP contribution < -0.4 is 14.4 Å². The number of rotatable bonds is 11. The van der Waals surface area contributed by atoms with Crippen LogP contribution >= 0.6 is 23.4 Å². The molecule has 1 amide bonds. The van der Waals surface area contributed by atoms with Gasteiger partial charge in [0.05, 0.1) is 14.2 Å². The molecule has 0 radical (unpaired) electrons. The quantitative estimate of drug-likeness (QED) is 0.183. The lowest BCUT2D eigenvalue weighted by Crippen LogP contribution is -2.48. The average Bonchev–Trinajstić information content (AvgIpc) is 2.98. The number of amides is 1. The molecule has 8 nitrogen and oxygen atoms in total. The predicted octanol–water partition coefficient (Wildman–Crippen LogP) is 4.90. The molecule has 4 rings (SSSR count). The minimum atomic E-state index is 0.101. The van der Waals surface area contributed by atoms with Crippen molar-refractivity contribution in [2.24, 2.45) is 0 Å². The van der Waals surface area contributed by atoms with Crippen molar-refractivity contribution < 1.29 is 14.3 Å². The second-order valence-electron chi connectivity index (χ2n) is 9.40. The van der Waals surface area contributed by atoms with Gasteiger partial charge in [0.15, 0.2) is 16.7 Å². The van der Waals surface area contributed by atoms with Crippen LogP contribution in [0, 0.1) is 0 Å². The van der Waals surface area contributed by atoms with Crippen LogP contribution in [-0.4, -0.2) is 86.2 Å². The van der Waals surface area contributed by atoms with E-state index in [1.54, 1.807) is 20.3 Å². The lowest BCUT2D eigenvalue weighted by molar-refractivity contribution is 0.0643. The number of carbonyl (C=O) groups excluding carboxylic acids is 1. The van der Waals surface area contributed by atoms with Crippen molar-refractivity contribution in [3.63, 3.8) is 0 Å². The van der Waals surface area contributed by atoms with Gasteiger partial charge in [-0.15, -0.1) is 0 Å². The molecule has 39 heavy (non-hydrogen) atoms. The Morgan fingerprint density at radius 3 is 2.33 bits per heavy atom. The van der Waals surface area contributed by atoms with Gasteiger partial charge in [-0.2, -0.15) is 0 Å². The first-order chi connectivity index (χ1) is 18.9. The average molecular weight is 570 g/mol. The third kappa shape index (κ3) is 7.77.